The standard InChI is InChI=1S/C16H12F3NO/c17-16(18,19)13-4-2-1-3-12(13)10-5-7-14-11(9-10)6-8-15(21)20-14/h1-5,7,9H,6,8H2,(H,20,21). The van der Waals surface area contributed by atoms with Gasteiger partial charge in [0.2, 0.25) is 5.91 Å². The molecule has 1 aliphatic heterocycles. The third-order valence-electron chi connectivity index (χ3n) is 3.54. The lowest BCUT2D eigenvalue weighted by atomic mass is 9.94. The van der Waals surface area contributed by atoms with Crippen LogP contribution in [0.5, 0.6) is 0 Å². The number of aryl methyl sites for hydroxylation is 1. The van der Waals surface area contributed by atoms with E-state index in [1.165, 1.54) is 12.1 Å². The van der Waals surface area contributed by atoms with Crippen molar-refractivity contribution in [2.75, 3.05) is 5.32 Å². The van der Waals surface area contributed by atoms with E-state index in [9.17, 15) is 18.0 Å². The van der Waals surface area contributed by atoms with Crippen molar-refractivity contribution < 1.29 is 18.0 Å². The summed E-state index contributed by atoms with van der Waals surface area (Å²) in [5, 5.41) is 2.72. The van der Waals surface area contributed by atoms with E-state index in [-0.39, 0.29) is 11.5 Å². The second kappa shape index (κ2) is 4.91. The molecule has 0 unspecified atom stereocenters. The van der Waals surface area contributed by atoms with Crippen LogP contribution in [-0.4, -0.2) is 5.91 Å². The summed E-state index contributed by atoms with van der Waals surface area (Å²) in [4.78, 5) is 11.3. The van der Waals surface area contributed by atoms with Gasteiger partial charge in [0, 0.05) is 12.1 Å². The van der Waals surface area contributed by atoms with Gasteiger partial charge in [-0.05, 0) is 41.3 Å². The maximum atomic E-state index is 13.1. The quantitative estimate of drug-likeness (QED) is 0.835. The SMILES string of the molecule is O=C1CCc2cc(-c3ccccc3C(F)(F)F)ccc2N1. The summed E-state index contributed by atoms with van der Waals surface area (Å²) >= 11 is 0. The van der Waals surface area contributed by atoms with Crippen LogP contribution < -0.4 is 5.32 Å². The monoisotopic (exact) mass is 291 g/mol. The number of amides is 1. The van der Waals surface area contributed by atoms with Gasteiger partial charge < -0.3 is 5.32 Å². The first-order chi connectivity index (χ1) is 9.95. The van der Waals surface area contributed by atoms with Crippen molar-refractivity contribution in [3.8, 4) is 11.1 Å². The number of anilines is 1. The Morgan fingerprint density at radius 1 is 1.00 bits per heavy atom. The molecule has 0 saturated heterocycles. The van der Waals surface area contributed by atoms with Gasteiger partial charge in [0.1, 0.15) is 0 Å². The zero-order valence-electron chi connectivity index (χ0n) is 11.0. The predicted octanol–water partition coefficient (Wildman–Crippen LogP) is 4.26. The van der Waals surface area contributed by atoms with Gasteiger partial charge >= 0.3 is 6.18 Å². The second-order valence-electron chi connectivity index (χ2n) is 4.96. The molecule has 21 heavy (non-hydrogen) atoms. The molecule has 1 N–H and O–H groups in total. The van der Waals surface area contributed by atoms with Crippen molar-refractivity contribution in [2.24, 2.45) is 0 Å². The summed E-state index contributed by atoms with van der Waals surface area (Å²) in [5.74, 6) is -0.0639. The topological polar surface area (TPSA) is 29.1 Å². The smallest absolute Gasteiger partial charge is 0.326 e. The van der Waals surface area contributed by atoms with E-state index >= 15 is 0 Å². The van der Waals surface area contributed by atoms with Crippen LogP contribution in [0.4, 0.5) is 18.9 Å². The fourth-order valence-corrected chi connectivity index (χ4v) is 2.53. The molecular weight excluding hydrogens is 279 g/mol. The lowest BCUT2D eigenvalue weighted by molar-refractivity contribution is -0.137. The molecule has 0 saturated carbocycles. The predicted molar refractivity (Wildman–Crippen MR) is 73.8 cm³/mol. The molecule has 1 amide bonds. The third kappa shape index (κ3) is 2.63. The van der Waals surface area contributed by atoms with Gasteiger partial charge in [0.25, 0.3) is 0 Å². The lowest BCUT2D eigenvalue weighted by Gasteiger charge is -2.19. The number of benzene rings is 2. The lowest BCUT2D eigenvalue weighted by Crippen LogP contribution is -2.18. The minimum absolute atomic E-state index is 0.0639. The molecule has 0 radical (unpaired) electrons. The molecule has 5 heteroatoms. The van der Waals surface area contributed by atoms with Crippen LogP contribution in [0, 0.1) is 0 Å². The Kier molecular flexibility index (Phi) is 3.20. The van der Waals surface area contributed by atoms with Crippen molar-refractivity contribution in [2.45, 2.75) is 19.0 Å². The van der Waals surface area contributed by atoms with Crippen LogP contribution in [-0.2, 0) is 17.4 Å². The molecule has 108 valence electrons. The summed E-state index contributed by atoms with van der Waals surface area (Å²) in [7, 11) is 0. The molecule has 0 spiro atoms. The Hall–Kier alpha value is -2.30. The number of halogens is 3. The van der Waals surface area contributed by atoms with Gasteiger partial charge in [-0.3, -0.25) is 4.79 Å². The maximum absolute atomic E-state index is 13.1. The molecular formula is C16H12F3NO. The number of hydrogen-bond donors (Lipinski definition) is 1. The highest BCUT2D eigenvalue weighted by molar-refractivity contribution is 5.94. The van der Waals surface area contributed by atoms with E-state index in [1.807, 2.05) is 0 Å². The molecule has 2 aromatic rings. The van der Waals surface area contributed by atoms with Crippen LogP contribution in [0.1, 0.15) is 17.5 Å². The molecule has 1 aliphatic rings. The van der Waals surface area contributed by atoms with Crippen LogP contribution >= 0.6 is 0 Å². The molecule has 2 nitrogen and oxygen atoms in total. The van der Waals surface area contributed by atoms with Gasteiger partial charge in [0.15, 0.2) is 0 Å². The van der Waals surface area contributed by atoms with Crippen LogP contribution in [0.15, 0.2) is 42.5 Å². The highest BCUT2D eigenvalue weighted by Gasteiger charge is 2.33. The first-order valence-corrected chi connectivity index (χ1v) is 6.54. The molecule has 2 aromatic carbocycles. The van der Waals surface area contributed by atoms with Crippen molar-refractivity contribution in [3.05, 3.63) is 53.6 Å². The zero-order valence-corrected chi connectivity index (χ0v) is 11.0. The number of nitrogens with one attached hydrogen (secondary N) is 1. The average Bonchev–Trinajstić information content (AvgIpc) is 2.46. The Morgan fingerprint density at radius 3 is 2.52 bits per heavy atom. The van der Waals surface area contributed by atoms with Crippen LogP contribution in [0.2, 0.25) is 0 Å². The molecule has 0 aromatic heterocycles. The summed E-state index contributed by atoms with van der Waals surface area (Å²) in [6, 6.07) is 10.5. The summed E-state index contributed by atoms with van der Waals surface area (Å²) in [6.07, 6.45) is -3.48. The van der Waals surface area contributed by atoms with Gasteiger partial charge in [-0.2, -0.15) is 13.2 Å². The number of hydrogen-bond acceptors (Lipinski definition) is 1. The van der Waals surface area contributed by atoms with Gasteiger partial charge in [-0.15, -0.1) is 0 Å². The molecule has 0 bridgehead atoms. The number of rotatable bonds is 1. The van der Waals surface area contributed by atoms with Crippen molar-refractivity contribution >= 4 is 11.6 Å². The average molecular weight is 291 g/mol. The summed E-state index contributed by atoms with van der Waals surface area (Å²) < 4.78 is 39.2. The number of alkyl halides is 3. The minimum atomic E-state index is -4.39. The zero-order chi connectivity index (χ0) is 15.0. The van der Waals surface area contributed by atoms with Gasteiger partial charge in [-0.25, -0.2) is 0 Å². The fourth-order valence-electron chi connectivity index (χ4n) is 2.53. The highest BCUT2D eigenvalue weighted by atomic mass is 19.4. The number of fused-ring (bicyclic) bond motifs is 1. The normalized spacial score (nSPS) is 14.5. The van der Waals surface area contributed by atoms with Crippen molar-refractivity contribution in [1.29, 1.82) is 0 Å². The summed E-state index contributed by atoms with van der Waals surface area (Å²) in [5.41, 5.74) is 1.57. The number of carbonyl (C=O) groups excluding carboxylic acids is 1. The van der Waals surface area contributed by atoms with E-state index in [2.05, 4.69) is 5.32 Å². The molecule has 3 rings (SSSR count). The van der Waals surface area contributed by atoms with E-state index in [0.717, 1.165) is 11.6 Å². The fraction of sp³-hybridized carbons (Fsp3) is 0.188. The Morgan fingerprint density at radius 2 is 1.76 bits per heavy atom. The first kappa shape index (κ1) is 13.7. The van der Waals surface area contributed by atoms with E-state index < -0.39 is 11.7 Å². The molecule has 0 atom stereocenters. The van der Waals surface area contributed by atoms with E-state index in [4.69, 9.17) is 0 Å². The minimum Gasteiger partial charge on any atom is -0.326 e. The van der Waals surface area contributed by atoms with E-state index in [0.29, 0.717) is 24.1 Å². The van der Waals surface area contributed by atoms with Gasteiger partial charge in [-0.1, -0.05) is 24.3 Å². The molecule has 1 heterocycles. The van der Waals surface area contributed by atoms with E-state index in [1.54, 1.807) is 24.3 Å². The van der Waals surface area contributed by atoms with Crippen molar-refractivity contribution in [1.82, 2.24) is 0 Å². The Labute approximate surface area is 119 Å². The highest BCUT2D eigenvalue weighted by Crippen LogP contribution is 2.38. The Balaban J connectivity index is 2.08. The van der Waals surface area contributed by atoms with Crippen molar-refractivity contribution in [3.63, 3.8) is 0 Å². The third-order valence-corrected chi connectivity index (χ3v) is 3.54. The molecule has 0 aliphatic carbocycles. The Bertz CT molecular complexity index is 707. The maximum Gasteiger partial charge on any atom is 0.417 e. The van der Waals surface area contributed by atoms with Crippen LogP contribution in [0.25, 0.3) is 11.1 Å². The van der Waals surface area contributed by atoms with Gasteiger partial charge in [0.05, 0.1) is 5.56 Å². The van der Waals surface area contributed by atoms with Crippen LogP contribution in [0.3, 0.4) is 0 Å². The molecule has 0 fully saturated rings. The second-order valence-corrected chi connectivity index (χ2v) is 4.96. The number of carbonyl (C=O) groups is 1. The first-order valence-electron chi connectivity index (χ1n) is 6.54. The summed E-state index contributed by atoms with van der Waals surface area (Å²) in [6.45, 7) is 0. The largest absolute Gasteiger partial charge is 0.417 e.